The van der Waals surface area contributed by atoms with Gasteiger partial charge in [-0.05, 0) is 37.3 Å². The van der Waals surface area contributed by atoms with E-state index in [0.29, 0.717) is 6.54 Å². The van der Waals surface area contributed by atoms with Crippen molar-refractivity contribution in [2.45, 2.75) is 59.1 Å². The fourth-order valence-corrected chi connectivity index (χ4v) is 3.20. The monoisotopic (exact) mass is 410 g/mol. The zero-order valence-corrected chi connectivity index (χ0v) is 18.9. The van der Waals surface area contributed by atoms with E-state index in [1.54, 1.807) is 20.8 Å². The molecule has 30 heavy (non-hydrogen) atoms. The van der Waals surface area contributed by atoms with Gasteiger partial charge in [-0.1, -0.05) is 81.4 Å². The SMILES string of the molecule is CC(C)(C)OC(=O)N[C@H](C(=O)NCC(c1ccccc1)c1ccccc1)C(C)(C)C. The van der Waals surface area contributed by atoms with Gasteiger partial charge in [0.1, 0.15) is 11.6 Å². The molecule has 2 amide bonds. The fourth-order valence-electron chi connectivity index (χ4n) is 3.20. The maximum Gasteiger partial charge on any atom is 0.408 e. The highest BCUT2D eigenvalue weighted by Gasteiger charge is 2.34. The Hall–Kier alpha value is -2.82. The molecule has 0 aliphatic rings. The van der Waals surface area contributed by atoms with Crippen LogP contribution in [0.1, 0.15) is 58.6 Å². The molecule has 0 aromatic heterocycles. The van der Waals surface area contributed by atoms with E-state index < -0.39 is 23.2 Å². The number of amides is 2. The Bertz CT molecular complexity index is 781. The molecule has 0 unspecified atom stereocenters. The van der Waals surface area contributed by atoms with Crippen molar-refractivity contribution in [1.29, 1.82) is 0 Å². The lowest BCUT2D eigenvalue weighted by Crippen LogP contribution is -2.54. The van der Waals surface area contributed by atoms with Crippen LogP contribution in [-0.4, -0.2) is 30.2 Å². The van der Waals surface area contributed by atoms with Crippen molar-refractivity contribution in [2.75, 3.05) is 6.54 Å². The second kappa shape index (κ2) is 9.79. The van der Waals surface area contributed by atoms with Crippen LogP contribution in [0.4, 0.5) is 4.79 Å². The first kappa shape index (κ1) is 23.5. The summed E-state index contributed by atoms with van der Waals surface area (Å²) in [5.41, 5.74) is 1.14. The molecule has 0 saturated carbocycles. The molecule has 0 radical (unpaired) electrons. The van der Waals surface area contributed by atoms with E-state index in [4.69, 9.17) is 4.74 Å². The molecule has 5 nitrogen and oxygen atoms in total. The highest BCUT2D eigenvalue weighted by atomic mass is 16.6. The highest BCUT2D eigenvalue weighted by Crippen LogP contribution is 2.25. The van der Waals surface area contributed by atoms with Crippen LogP contribution in [0.2, 0.25) is 0 Å². The number of benzene rings is 2. The lowest BCUT2D eigenvalue weighted by molar-refractivity contribution is -0.125. The number of hydrogen-bond acceptors (Lipinski definition) is 3. The molecule has 0 spiro atoms. The third-order valence-electron chi connectivity index (χ3n) is 4.67. The van der Waals surface area contributed by atoms with Crippen LogP contribution in [0.3, 0.4) is 0 Å². The minimum Gasteiger partial charge on any atom is -0.444 e. The van der Waals surface area contributed by atoms with Crippen LogP contribution in [-0.2, 0) is 9.53 Å². The van der Waals surface area contributed by atoms with Crippen LogP contribution in [0.25, 0.3) is 0 Å². The van der Waals surface area contributed by atoms with Gasteiger partial charge in [0, 0.05) is 12.5 Å². The second-order valence-electron chi connectivity index (χ2n) is 9.56. The average Bonchev–Trinajstić information content (AvgIpc) is 2.65. The molecule has 0 heterocycles. The van der Waals surface area contributed by atoms with Gasteiger partial charge >= 0.3 is 6.09 Å². The Balaban J connectivity index is 2.16. The summed E-state index contributed by atoms with van der Waals surface area (Å²) < 4.78 is 5.35. The Morgan fingerprint density at radius 3 is 1.70 bits per heavy atom. The maximum atomic E-state index is 13.1. The van der Waals surface area contributed by atoms with Gasteiger partial charge in [0.25, 0.3) is 0 Å². The summed E-state index contributed by atoms with van der Waals surface area (Å²) in [7, 11) is 0. The number of nitrogens with one attached hydrogen (secondary N) is 2. The minimum atomic E-state index is -0.723. The van der Waals surface area contributed by atoms with Crippen molar-refractivity contribution < 1.29 is 14.3 Å². The van der Waals surface area contributed by atoms with Crippen molar-refractivity contribution in [3.63, 3.8) is 0 Å². The largest absolute Gasteiger partial charge is 0.444 e. The molecule has 0 saturated heterocycles. The first-order valence-corrected chi connectivity index (χ1v) is 10.3. The summed E-state index contributed by atoms with van der Waals surface area (Å²) in [6.45, 7) is 11.6. The molecule has 0 bridgehead atoms. The molecule has 2 aromatic carbocycles. The molecule has 2 rings (SSSR count). The third kappa shape index (κ3) is 7.21. The Kier molecular flexibility index (Phi) is 7.65. The van der Waals surface area contributed by atoms with E-state index in [9.17, 15) is 9.59 Å². The fraction of sp³-hybridized carbons (Fsp3) is 0.440. The normalized spacial score (nSPS) is 12.9. The van der Waals surface area contributed by atoms with Crippen molar-refractivity contribution in [2.24, 2.45) is 5.41 Å². The van der Waals surface area contributed by atoms with Gasteiger partial charge in [-0.2, -0.15) is 0 Å². The molecule has 162 valence electrons. The number of hydrogen-bond donors (Lipinski definition) is 2. The third-order valence-corrected chi connectivity index (χ3v) is 4.67. The topological polar surface area (TPSA) is 67.4 Å². The smallest absolute Gasteiger partial charge is 0.408 e. The number of alkyl carbamates (subject to hydrolysis) is 1. The quantitative estimate of drug-likeness (QED) is 0.714. The van der Waals surface area contributed by atoms with Gasteiger partial charge in [0.15, 0.2) is 0 Å². The number of carbonyl (C=O) groups excluding carboxylic acids is 2. The Morgan fingerprint density at radius 2 is 1.30 bits per heavy atom. The van der Waals surface area contributed by atoms with Gasteiger partial charge in [-0.15, -0.1) is 0 Å². The standard InChI is InChI=1S/C25H34N2O3/c1-24(2,3)21(27-23(29)30-25(4,5)6)22(28)26-17-20(18-13-9-7-10-14-18)19-15-11-8-12-16-19/h7-16,20-21H,17H2,1-6H3,(H,26,28)(H,27,29)/t21-/m1/s1. The molecule has 0 aliphatic heterocycles. The molecule has 5 heteroatoms. The van der Waals surface area contributed by atoms with Crippen molar-refractivity contribution in [3.05, 3.63) is 71.8 Å². The Morgan fingerprint density at radius 1 is 0.833 bits per heavy atom. The van der Waals surface area contributed by atoms with Crippen LogP contribution < -0.4 is 10.6 Å². The van der Waals surface area contributed by atoms with Crippen LogP contribution in [0.15, 0.2) is 60.7 Å². The van der Waals surface area contributed by atoms with E-state index in [0.717, 1.165) is 11.1 Å². The summed E-state index contributed by atoms with van der Waals surface area (Å²) in [4.78, 5) is 25.4. The van der Waals surface area contributed by atoms with Crippen molar-refractivity contribution in [1.82, 2.24) is 10.6 Å². The molecule has 2 N–H and O–H groups in total. The summed E-state index contributed by atoms with van der Waals surface area (Å²) in [5.74, 6) is -0.219. The van der Waals surface area contributed by atoms with Gasteiger partial charge in [0.05, 0.1) is 0 Å². The maximum absolute atomic E-state index is 13.1. The van der Waals surface area contributed by atoms with Gasteiger partial charge in [-0.25, -0.2) is 4.79 Å². The van der Waals surface area contributed by atoms with E-state index in [2.05, 4.69) is 34.9 Å². The predicted octanol–water partition coefficient (Wildman–Crippen LogP) is 4.87. The van der Waals surface area contributed by atoms with Gasteiger partial charge < -0.3 is 15.4 Å². The van der Waals surface area contributed by atoms with Gasteiger partial charge in [0.2, 0.25) is 5.91 Å². The second-order valence-corrected chi connectivity index (χ2v) is 9.56. The van der Waals surface area contributed by atoms with E-state index in [1.165, 1.54) is 0 Å². The molecular weight excluding hydrogens is 376 g/mol. The summed E-state index contributed by atoms with van der Waals surface area (Å²) >= 11 is 0. The molecular formula is C25H34N2O3. The molecule has 0 fully saturated rings. The van der Waals surface area contributed by atoms with E-state index >= 15 is 0 Å². The van der Waals surface area contributed by atoms with Gasteiger partial charge in [-0.3, -0.25) is 4.79 Å². The number of rotatable bonds is 6. The van der Waals surface area contributed by atoms with Crippen LogP contribution in [0, 0.1) is 5.41 Å². The first-order chi connectivity index (χ1) is 14.0. The number of carbonyl (C=O) groups is 2. The predicted molar refractivity (Wildman–Crippen MR) is 120 cm³/mol. The minimum absolute atomic E-state index is 0.0125. The van der Waals surface area contributed by atoms with Crippen molar-refractivity contribution >= 4 is 12.0 Å². The molecule has 2 aromatic rings. The van der Waals surface area contributed by atoms with Crippen molar-refractivity contribution in [3.8, 4) is 0 Å². The zero-order chi connectivity index (χ0) is 22.4. The lowest BCUT2D eigenvalue weighted by Gasteiger charge is -2.32. The Labute approximate surface area is 180 Å². The van der Waals surface area contributed by atoms with E-state index in [-0.39, 0.29) is 11.8 Å². The van der Waals surface area contributed by atoms with Crippen LogP contribution in [0.5, 0.6) is 0 Å². The lowest BCUT2D eigenvalue weighted by atomic mass is 9.85. The summed E-state index contributed by atoms with van der Waals surface area (Å²) in [5, 5.41) is 5.79. The average molecular weight is 411 g/mol. The zero-order valence-electron chi connectivity index (χ0n) is 18.9. The highest BCUT2D eigenvalue weighted by molar-refractivity contribution is 5.86. The summed E-state index contributed by atoms with van der Waals surface area (Å²) in [6, 6.07) is 19.4. The number of ether oxygens (including phenoxy) is 1. The van der Waals surface area contributed by atoms with Crippen LogP contribution >= 0.6 is 0 Å². The summed E-state index contributed by atoms with van der Waals surface area (Å²) in [6.07, 6.45) is -0.597. The molecule has 0 aliphatic carbocycles. The first-order valence-electron chi connectivity index (χ1n) is 10.3. The molecule has 1 atom stereocenters. The van der Waals surface area contributed by atoms with E-state index in [1.807, 2.05) is 57.2 Å².